The molecule has 0 aromatic heterocycles. The number of aliphatic imine (C=N–C) groups is 1. The predicted octanol–water partition coefficient (Wildman–Crippen LogP) is 1.60. The Hall–Kier alpha value is -1.66. The highest BCUT2D eigenvalue weighted by atomic mass is 19.1. The second-order valence-electron chi connectivity index (χ2n) is 6.32. The number of hydrogen-bond donors (Lipinski definition) is 2. The van der Waals surface area contributed by atoms with Crippen LogP contribution in [0, 0.1) is 5.82 Å². The molecule has 1 aliphatic heterocycles. The smallest absolute Gasteiger partial charge is 0.191 e. The van der Waals surface area contributed by atoms with E-state index in [-0.39, 0.29) is 11.4 Å². The van der Waals surface area contributed by atoms with Crippen molar-refractivity contribution < 1.29 is 9.13 Å². The maximum Gasteiger partial charge on any atom is 0.191 e. The number of rotatable bonds is 5. The zero-order valence-electron chi connectivity index (χ0n) is 14.2. The van der Waals surface area contributed by atoms with Crippen molar-refractivity contribution in [1.82, 2.24) is 15.5 Å². The topological polar surface area (TPSA) is 48.9 Å². The summed E-state index contributed by atoms with van der Waals surface area (Å²) < 4.78 is 18.6. The average Bonchev–Trinajstić information content (AvgIpc) is 2.56. The van der Waals surface area contributed by atoms with Crippen molar-refractivity contribution >= 4 is 5.96 Å². The van der Waals surface area contributed by atoms with Crippen LogP contribution in [-0.2, 0) is 11.3 Å². The Morgan fingerprint density at radius 3 is 2.70 bits per heavy atom. The Labute approximate surface area is 137 Å². The molecule has 0 bridgehead atoms. The summed E-state index contributed by atoms with van der Waals surface area (Å²) in [4.78, 5) is 6.65. The molecule has 6 heteroatoms. The van der Waals surface area contributed by atoms with E-state index in [0.29, 0.717) is 6.54 Å². The minimum absolute atomic E-state index is 0.0141. The van der Waals surface area contributed by atoms with Gasteiger partial charge in [0.15, 0.2) is 5.96 Å². The van der Waals surface area contributed by atoms with Gasteiger partial charge in [-0.3, -0.25) is 9.89 Å². The summed E-state index contributed by atoms with van der Waals surface area (Å²) in [6, 6.07) is 6.57. The van der Waals surface area contributed by atoms with Crippen LogP contribution in [0.5, 0.6) is 0 Å². The van der Waals surface area contributed by atoms with Gasteiger partial charge in [-0.15, -0.1) is 0 Å². The molecule has 0 radical (unpaired) electrons. The maximum absolute atomic E-state index is 13.2. The number of nitrogens with one attached hydrogen (secondary N) is 2. The van der Waals surface area contributed by atoms with Crippen molar-refractivity contribution in [2.45, 2.75) is 25.9 Å². The van der Waals surface area contributed by atoms with Gasteiger partial charge in [-0.05, 0) is 31.5 Å². The summed E-state index contributed by atoms with van der Waals surface area (Å²) in [5.41, 5.74) is 0.903. The average molecular weight is 322 g/mol. The third-order valence-corrected chi connectivity index (χ3v) is 4.13. The van der Waals surface area contributed by atoms with Crippen LogP contribution in [0.2, 0.25) is 0 Å². The Balaban J connectivity index is 1.82. The summed E-state index contributed by atoms with van der Waals surface area (Å²) in [5.74, 6) is 0.497. The Kier molecular flexibility index (Phi) is 6.36. The molecule has 0 amide bonds. The summed E-state index contributed by atoms with van der Waals surface area (Å²) in [6.07, 6.45) is 0. The molecular formula is C17H27FN4O. The van der Waals surface area contributed by atoms with Crippen LogP contribution in [-0.4, -0.2) is 56.3 Å². The van der Waals surface area contributed by atoms with Gasteiger partial charge in [-0.1, -0.05) is 12.1 Å². The lowest BCUT2D eigenvalue weighted by atomic mass is 10.0. The van der Waals surface area contributed by atoms with E-state index in [2.05, 4.69) is 34.4 Å². The summed E-state index contributed by atoms with van der Waals surface area (Å²) >= 11 is 0. The number of ether oxygens (including phenoxy) is 1. The van der Waals surface area contributed by atoms with E-state index in [4.69, 9.17) is 4.74 Å². The molecule has 5 nitrogen and oxygen atoms in total. The minimum atomic E-state index is -0.222. The molecule has 23 heavy (non-hydrogen) atoms. The van der Waals surface area contributed by atoms with Crippen LogP contribution >= 0.6 is 0 Å². The van der Waals surface area contributed by atoms with Gasteiger partial charge in [0.1, 0.15) is 5.82 Å². The van der Waals surface area contributed by atoms with Crippen LogP contribution in [0.15, 0.2) is 29.3 Å². The maximum atomic E-state index is 13.2. The molecule has 2 N–H and O–H groups in total. The number of guanidine groups is 1. The highest BCUT2D eigenvalue weighted by Crippen LogP contribution is 2.15. The molecule has 0 saturated carbocycles. The minimum Gasteiger partial charge on any atom is -0.379 e. The lowest BCUT2D eigenvalue weighted by Crippen LogP contribution is -2.56. The van der Waals surface area contributed by atoms with E-state index < -0.39 is 0 Å². The van der Waals surface area contributed by atoms with Crippen LogP contribution in [0.3, 0.4) is 0 Å². The number of hydrogen-bond acceptors (Lipinski definition) is 3. The number of halogens is 1. The van der Waals surface area contributed by atoms with Gasteiger partial charge in [0, 0.05) is 38.8 Å². The standard InChI is InChI=1S/C17H27FN4O/c1-17(2,22-7-9-23-10-8-22)13-21-16(19-3)20-12-14-5-4-6-15(18)11-14/h4-6,11H,7-10,12-13H2,1-3H3,(H2,19,20,21). The molecule has 1 fully saturated rings. The zero-order valence-corrected chi connectivity index (χ0v) is 14.2. The SMILES string of the molecule is CN=C(NCc1cccc(F)c1)NCC(C)(C)N1CCOCC1. The van der Waals surface area contributed by atoms with E-state index in [1.54, 1.807) is 13.1 Å². The lowest BCUT2D eigenvalue weighted by Gasteiger charge is -2.41. The number of morpholine rings is 1. The van der Waals surface area contributed by atoms with Crippen molar-refractivity contribution in [3.63, 3.8) is 0 Å². The molecule has 1 heterocycles. The van der Waals surface area contributed by atoms with Crippen LogP contribution in [0.4, 0.5) is 4.39 Å². The Bertz CT molecular complexity index is 527. The molecule has 1 aromatic rings. The van der Waals surface area contributed by atoms with Crippen molar-refractivity contribution in [2.24, 2.45) is 4.99 Å². The lowest BCUT2D eigenvalue weighted by molar-refractivity contribution is -0.00834. The monoisotopic (exact) mass is 322 g/mol. The van der Waals surface area contributed by atoms with Crippen molar-refractivity contribution in [1.29, 1.82) is 0 Å². The van der Waals surface area contributed by atoms with Gasteiger partial charge in [0.25, 0.3) is 0 Å². The molecule has 1 aromatic carbocycles. The molecule has 0 atom stereocenters. The molecule has 2 rings (SSSR count). The van der Waals surface area contributed by atoms with Crippen LogP contribution in [0.25, 0.3) is 0 Å². The fraction of sp³-hybridized carbons (Fsp3) is 0.588. The Morgan fingerprint density at radius 2 is 2.04 bits per heavy atom. The summed E-state index contributed by atoms with van der Waals surface area (Å²) in [6.45, 7) is 9.21. The largest absolute Gasteiger partial charge is 0.379 e. The van der Waals surface area contributed by atoms with E-state index in [9.17, 15) is 4.39 Å². The van der Waals surface area contributed by atoms with Crippen molar-refractivity contribution in [3.8, 4) is 0 Å². The number of nitrogens with zero attached hydrogens (tertiary/aromatic N) is 2. The van der Waals surface area contributed by atoms with Gasteiger partial charge >= 0.3 is 0 Å². The molecule has 128 valence electrons. The quantitative estimate of drug-likeness (QED) is 0.639. The molecule has 0 unspecified atom stereocenters. The van der Waals surface area contributed by atoms with E-state index in [0.717, 1.165) is 44.4 Å². The number of benzene rings is 1. The van der Waals surface area contributed by atoms with Crippen molar-refractivity contribution in [2.75, 3.05) is 39.9 Å². The normalized spacial score (nSPS) is 17.1. The highest BCUT2D eigenvalue weighted by Gasteiger charge is 2.28. The van der Waals surface area contributed by atoms with E-state index in [1.807, 2.05) is 6.07 Å². The molecule has 1 aliphatic rings. The third-order valence-electron chi connectivity index (χ3n) is 4.13. The van der Waals surface area contributed by atoms with Crippen molar-refractivity contribution in [3.05, 3.63) is 35.6 Å². The molecule has 1 saturated heterocycles. The van der Waals surface area contributed by atoms with E-state index in [1.165, 1.54) is 12.1 Å². The second kappa shape index (κ2) is 8.26. The highest BCUT2D eigenvalue weighted by molar-refractivity contribution is 5.79. The second-order valence-corrected chi connectivity index (χ2v) is 6.32. The van der Waals surface area contributed by atoms with E-state index >= 15 is 0 Å². The van der Waals surface area contributed by atoms with Crippen LogP contribution in [0.1, 0.15) is 19.4 Å². The zero-order chi connectivity index (χ0) is 16.7. The fourth-order valence-corrected chi connectivity index (χ4v) is 2.63. The molecular weight excluding hydrogens is 295 g/mol. The summed E-state index contributed by atoms with van der Waals surface area (Å²) in [5, 5.41) is 6.57. The van der Waals surface area contributed by atoms with Gasteiger partial charge in [0.2, 0.25) is 0 Å². The Morgan fingerprint density at radius 1 is 1.30 bits per heavy atom. The first-order valence-electron chi connectivity index (χ1n) is 8.03. The van der Waals surface area contributed by atoms with Crippen LogP contribution < -0.4 is 10.6 Å². The summed E-state index contributed by atoms with van der Waals surface area (Å²) in [7, 11) is 1.74. The molecule has 0 spiro atoms. The fourth-order valence-electron chi connectivity index (χ4n) is 2.63. The first-order valence-corrected chi connectivity index (χ1v) is 8.03. The third kappa shape index (κ3) is 5.48. The van der Waals surface area contributed by atoms with Gasteiger partial charge in [0.05, 0.1) is 13.2 Å². The first kappa shape index (κ1) is 17.7. The van der Waals surface area contributed by atoms with Gasteiger partial charge < -0.3 is 15.4 Å². The van der Waals surface area contributed by atoms with Gasteiger partial charge in [-0.25, -0.2) is 4.39 Å². The first-order chi connectivity index (χ1) is 11.0. The predicted molar refractivity (Wildman–Crippen MR) is 91.1 cm³/mol. The molecule has 0 aliphatic carbocycles. The van der Waals surface area contributed by atoms with Gasteiger partial charge in [-0.2, -0.15) is 0 Å².